The molecule has 2 heteroatoms. The van der Waals surface area contributed by atoms with Crippen molar-refractivity contribution < 1.29 is 4.79 Å². The Bertz CT molecular complexity index is 527. The van der Waals surface area contributed by atoms with Crippen molar-refractivity contribution in [2.24, 2.45) is 0 Å². The molecule has 17 heavy (non-hydrogen) atoms. The van der Waals surface area contributed by atoms with E-state index in [4.69, 9.17) is 0 Å². The summed E-state index contributed by atoms with van der Waals surface area (Å²) in [4.78, 5) is 11.7. The van der Waals surface area contributed by atoms with Gasteiger partial charge in [-0.25, -0.2) is 0 Å². The number of benzene rings is 1. The van der Waals surface area contributed by atoms with E-state index in [1.807, 2.05) is 24.4 Å². The second kappa shape index (κ2) is 4.21. The van der Waals surface area contributed by atoms with Crippen LogP contribution in [0.3, 0.4) is 0 Å². The number of rotatable bonds is 2. The molecule has 0 amide bonds. The van der Waals surface area contributed by atoms with Gasteiger partial charge in [0.25, 0.3) is 0 Å². The van der Waals surface area contributed by atoms with E-state index in [2.05, 4.69) is 28.8 Å². The number of carbonyl (C=O) groups excluding carboxylic acids is 1. The van der Waals surface area contributed by atoms with Gasteiger partial charge in [-0.15, -0.1) is 0 Å². The molecule has 1 aliphatic rings. The lowest BCUT2D eigenvalue weighted by Crippen LogP contribution is -2.22. The van der Waals surface area contributed by atoms with Crippen LogP contribution in [0.2, 0.25) is 0 Å². The first-order valence-electron chi connectivity index (χ1n) is 6.08. The van der Waals surface area contributed by atoms with E-state index in [9.17, 15) is 4.79 Å². The normalized spacial score (nSPS) is 19.1. The van der Waals surface area contributed by atoms with E-state index in [1.54, 1.807) is 0 Å². The van der Waals surface area contributed by atoms with Gasteiger partial charge in [-0.2, -0.15) is 0 Å². The minimum atomic E-state index is 0.277. The summed E-state index contributed by atoms with van der Waals surface area (Å²) in [5.41, 5.74) is 2.21. The first-order valence-corrected chi connectivity index (χ1v) is 6.08. The molecule has 0 N–H and O–H groups in total. The predicted octanol–water partition coefficient (Wildman–Crippen LogP) is 3.25. The number of Topliss-reactive ketones (excluding diaryl/α,β-unsaturated/α-hetero) is 1. The summed E-state index contributed by atoms with van der Waals surface area (Å²) in [6.45, 7) is 0. The molecule has 0 bridgehead atoms. The van der Waals surface area contributed by atoms with Gasteiger partial charge in [0, 0.05) is 18.7 Å². The van der Waals surface area contributed by atoms with Gasteiger partial charge in [0.05, 0.1) is 5.69 Å². The molecule has 0 saturated carbocycles. The maximum Gasteiger partial charge on any atom is 0.179 e. The molecule has 2 heterocycles. The minimum absolute atomic E-state index is 0.277. The predicted molar refractivity (Wildman–Crippen MR) is 67.2 cm³/mol. The second-order valence-corrected chi connectivity index (χ2v) is 4.61. The van der Waals surface area contributed by atoms with Crippen LogP contribution in [0, 0.1) is 0 Å². The highest BCUT2D eigenvalue weighted by atomic mass is 16.1. The molecule has 1 atom stereocenters. The molecule has 1 aromatic carbocycles. The quantitative estimate of drug-likeness (QED) is 0.769. The molecule has 0 aliphatic carbocycles. The largest absolute Gasteiger partial charge is 0.342 e. The number of fused-ring (bicyclic) bond motifs is 1. The summed E-state index contributed by atoms with van der Waals surface area (Å²) in [6, 6.07) is 14.8. The summed E-state index contributed by atoms with van der Waals surface area (Å²) in [5.74, 6) is 0.277. The third-order valence-corrected chi connectivity index (χ3v) is 3.48. The standard InChI is InChI=1S/C15H15NO/c17-15-9-8-13(16-10-4-7-14(15)16)11-12-5-2-1-3-6-12/h1-7,10,13H,8-9,11H2/t13-/m1/s1. The lowest BCUT2D eigenvalue weighted by molar-refractivity contribution is 0.0942. The number of hydrogen-bond acceptors (Lipinski definition) is 1. The fraction of sp³-hybridized carbons (Fsp3) is 0.267. The van der Waals surface area contributed by atoms with Crippen LogP contribution in [0.5, 0.6) is 0 Å². The third kappa shape index (κ3) is 1.91. The Hall–Kier alpha value is -1.83. The molecule has 0 spiro atoms. The molecular weight excluding hydrogens is 210 g/mol. The number of carbonyl (C=O) groups is 1. The Balaban J connectivity index is 1.87. The zero-order valence-corrected chi connectivity index (χ0v) is 9.67. The van der Waals surface area contributed by atoms with Crippen molar-refractivity contribution in [2.75, 3.05) is 0 Å². The second-order valence-electron chi connectivity index (χ2n) is 4.61. The van der Waals surface area contributed by atoms with Crippen molar-refractivity contribution in [3.05, 3.63) is 59.9 Å². The molecule has 0 saturated heterocycles. The molecule has 2 aromatic rings. The zero-order valence-electron chi connectivity index (χ0n) is 9.67. The molecule has 2 nitrogen and oxygen atoms in total. The van der Waals surface area contributed by atoms with Crippen LogP contribution in [-0.4, -0.2) is 10.4 Å². The molecule has 1 aliphatic heterocycles. The van der Waals surface area contributed by atoms with Gasteiger partial charge in [0.2, 0.25) is 0 Å². The summed E-state index contributed by atoms with van der Waals surface area (Å²) in [7, 11) is 0. The number of aromatic nitrogens is 1. The van der Waals surface area contributed by atoms with Gasteiger partial charge in [-0.1, -0.05) is 30.3 Å². The molecule has 3 rings (SSSR count). The number of hydrogen-bond donors (Lipinski definition) is 0. The zero-order chi connectivity index (χ0) is 11.7. The minimum Gasteiger partial charge on any atom is -0.342 e. The Morgan fingerprint density at radius 3 is 2.76 bits per heavy atom. The van der Waals surface area contributed by atoms with Crippen LogP contribution in [0.25, 0.3) is 0 Å². The monoisotopic (exact) mass is 225 g/mol. The van der Waals surface area contributed by atoms with Crippen molar-refractivity contribution in [1.29, 1.82) is 0 Å². The maximum absolute atomic E-state index is 11.7. The van der Waals surface area contributed by atoms with Crippen molar-refractivity contribution in [3.63, 3.8) is 0 Å². The van der Waals surface area contributed by atoms with Crippen LogP contribution >= 0.6 is 0 Å². The van der Waals surface area contributed by atoms with E-state index in [0.29, 0.717) is 12.5 Å². The molecule has 0 radical (unpaired) electrons. The van der Waals surface area contributed by atoms with Crippen LogP contribution in [0.1, 0.15) is 34.9 Å². The van der Waals surface area contributed by atoms with E-state index < -0.39 is 0 Å². The van der Waals surface area contributed by atoms with Gasteiger partial charge in [0.1, 0.15) is 0 Å². The maximum atomic E-state index is 11.7. The van der Waals surface area contributed by atoms with E-state index in [1.165, 1.54) is 5.56 Å². The fourth-order valence-electron chi connectivity index (χ4n) is 2.60. The summed E-state index contributed by atoms with van der Waals surface area (Å²) >= 11 is 0. The van der Waals surface area contributed by atoms with Crippen LogP contribution in [0.15, 0.2) is 48.7 Å². The summed E-state index contributed by atoms with van der Waals surface area (Å²) in [5, 5.41) is 0. The Labute approximate surface area is 101 Å². The highest BCUT2D eigenvalue weighted by Gasteiger charge is 2.24. The van der Waals surface area contributed by atoms with Crippen LogP contribution < -0.4 is 0 Å². The Morgan fingerprint density at radius 1 is 1.12 bits per heavy atom. The van der Waals surface area contributed by atoms with Crippen LogP contribution in [0.4, 0.5) is 0 Å². The molecule has 0 unspecified atom stereocenters. The van der Waals surface area contributed by atoms with Gasteiger partial charge < -0.3 is 4.57 Å². The number of nitrogens with zero attached hydrogens (tertiary/aromatic N) is 1. The topological polar surface area (TPSA) is 22.0 Å². The van der Waals surface area contributed by atoms with Crippen LogP contribution in [-0.2, 0) is 6.42 Å². The lowest BCUT2D eigenvalue weighted by Gasteiger charge is -2.25. The molecule has 0 fully saturated rings. The average Bonchev–Trinajstić information content (AvgIpc) is 2.84. The Morgan fingerprint density at radius 2 is 1.94 bits per heavy atom. The van der Waals surface area contributed by atoms with Crippen molar-refractivity contribution >= 4 is 5.78 Å². The van der Waals surface area contributed by atoms with Crippen molar-refractivity contribution in [2.45, 2.75) is 25.3 Å². The van der Waals surface area contributed by atoms with Crippen molar-refractivity contribution in [3.8, 4) is 0 Å². The van der Waals surface area contributed by atoms with Gasteiger partial charge in [-0.05, 0) is 30.5 Å². The highest BCUT2D eigenvalue weighted by molar-refractivity contribution is 5.95. The van der Waals surface area contributed by atoms with E-state index in [-0.39, 0.29) is 5.78 Å². The van der Waals surface area contributed by atoms with Gasteiger partial charge in [-0.3, -0.25) is 4.79 Å². The molecule has 1 aromatic heterocycles. The summed E-state index contributed by atoms with van der Waals surface area (Å²) in [6.07, 6.45) is 4.67. The fourth-order valence-corrected chi connectivity index (χ4v) is 2.60. The highest BCUT2D eigenvalue weighted by Crippen LogP contribution is 2.28. The van der Waals surface area contributed by atoms with E-state index in [0.717, 1.165) is 18.5 Å². The lowest BCUT2D eigenvalue weighted by atomic mass is 9.96. The van der Waals surface area contributed by atoms with Gasteiger partial charge in [0.15, 0.2) is 5.78 Å². The van der Waals surface area contributed by atoms with Gasteiger partial charge >= 0.3 is 0 Å². The van der Waals surface area contributed by atoms with E-state index >= 15 is 0 Å². The SMILES string of the molecule is O=C1CC[C@H](Cc2ccccc2)n2cccc21. The van der Waals surface area contributed by atoms with Crippen molar-refractivity contribution in [1.82, 2.24) is 4.57 Å². The first-order chi connectivity index (χ1) is 8.34. The number of ketones is 1. The molecular formula is C15H15NO. The summed E-state index contributed by atoms with van der Waals surface area (Å²) < 4.78 is 2.14. The first kappa shape index (κ1) is 10.3. The molecule has 86 valence electrons. The smallest absolute Gasteiger partial charge is 0.179 e. The Kier molecular flexibility index (Phi) is 2.56. The average molecular weight is 225 g/mol. The third-order valence-electron chi connectivity index (χ3n) is 3.48.